The number of carbonyl (C=O) groups is 1. The Balaban J connectivity index is 2.15. The second kappa shape index (κ2) is 7.49. The highest BCUT2D eigenvalue weighted by atomic mass is 16.6. The Morgan fingerprint density at radius 2 is 1.83 bits per heavy atom. The van der Waals surface area contributed by atoms with Crippen molar-refractivity contribution in [2.75, 3.05) is 0 Å². The minimum Gasteiger partial charge on any atom is -0.444 e. The lowest BCUT2D eigenvalue weighted by Gasteiger charge is -2.20. The minimum atomic E-state index is -0.508. The Hall–Kier alpha value is -2.33. The lowest BCUT2D eigenvalue weighted by molar-refractivity contribution is 0.0523. The summed E-state index contributed by atoms with van der Waals surface area (Å²) in [7, 11) is 0. The summed E-state index contributed by atoms with van der Waals surface area (Å²) >= 11 is 0. The summed E-state index contributed by atoms with van der Waals surface area (Å²) in [4.78, 5) is 11.8. The number of aliphatic hydroxyl groups is 1. The lowest BCUT2D eigenvalue weighted by atomic mass is 9.98. The van der Waals surface area contributed by atoms with Gasteiger partial charge in [-0.25, -0.2) is 4.79 Å². The number of rotatable bonds is 4. The molecule has 0 heterocycles. The third kappa shape index (κ3) is 5.10. The quantitative estimate of drug-likeness (QED) is 0.885. The van der Waals surface area contributed by atoms with Gasteiger partial charge in [0.15, 0.2) is 0 Å². The van der Waals surface area contributed by atoms with E-state index in [1.807, 2.05) is 64.1 Å². The van der Waals surface area contributed by atoms with Crippen LogP contribution in [0.15, 0.2) is 42.5 Å². The third-order valence-electron chi connectivity index (χ3n) is 3.61. The highest BCUT2D eigenvalue weighted by molar-refractivity contribution is 5.69. The zero-order valence-electron chi connectivity index (χ0n) is 14.7. The van der Waals surface area contributed by atoms with Crippen LogP contribution in [0, 0.1) is 6.92 Å². The van der Waals surface area contributed by atoms with Crippen molar-refractivity contribution in [1.29, 1.82) is 0 Å². The fraction of sp³-hybridized carbons (Fsp3) is 0.350. The van der Waals surface area contributed by atoms with Crippen LogP contribution in [0.3, 0.4) is 0 Å². The van der Waals surface area contributed by atoms with E-state index >= 15 is 0 Å². The minimum absolute atomic E-state index is 0.0206. The van der Waals surface area contributed by atoms with E-state index in [2.05, 4.69) is 11.4 Å². The lowest BCUT2D eigenvalue weighted by Crippen LogP contribution is -2.32. The average molecular weight is 327 g/mol. The number of nitrogens with one attached hydrogen (secondary N) is 1. The van der Waals surface area contributed by atoms with E-state index in [1.54, 1.807) is 0 Å². The molecule has 0 radical (unpaired) electrons. The van der Waals surface area contributed by atoms with Gasteiger partial charge in [-0.05, 0) is 67.6 Å². The number of amides is 1. The molecule has 0 aliphatic heterocycles. The van der Waals surface area contributed by atoms with E-state index in [1.165, 1.54) is 0 Å². The molecule has 0 fully saturated rings. The molecule has 0 saturated carbocycles. The average Bonchev–Trinajstić information content (AvgIpc) is 2.52. The maximum atomic E-state index is 11.8. The van der Waals surface area contributed by atoms with Gasteiger partial charge in [0.25, 0.3) is 0 Å². The maximum absolute atomic E-state index is 11.8. The molecule has 0 unspecified atom stereocenters. The molecule has 0 aliphatic carbocycles. The molecular formula is C20H25NO3. The molecule has 2 aromatic carbocycles. The Morgan fingerprint density at radius 1 is 1.12 bits per heavy atom. The number of carbonyl (C=O) groups excluding carboxylic acids is 1. The van der Waals surface area contributed by atoms with Crippen LogP contribution in [0.5, 0.6) is 0 Å². The van der Waals surface area contributed by atoms with Crippen molar-refractivity contribution >= 4 is 6.09 Å². The Kier molecular flexibility index (Phi) is 5.62. The van der Waals surface area contributed by atoms with Gasteiger partial charge in [-0.2, -0.15) is 0 Å². The molecule has 0 spiro atoms. The van der Waals surface area contributed by atoms with Crippen LogP contribution in [0.25, 0.3) is 11.1 Å². The molecule has 128 valence electrons. The smallest absolute Gasteiger partial charge is 0.407 e. The summed E-state index contributed by atoms with van der Waals surface area (Å²) in [5, 5.41) is 12.1. The van der Waals surface area contributed by atoms with E-state index in [-0.39, 0.29) is 6.61 Å². The van der Waals surface area contributed by atoms with Crippen LogP contribution in [0.1, 0.15) is 37.5 Å². The van der Waals surface area contributed by atoms with Crippen molar-refractivity contribution in [3.63, 3.8) is 0 Å². The van der Waals surface area contributed by atoms with Crippen LogP contribution in [-0.2, 0) is 17.9 Å². The van der Waals surface area contributed by atoms with Crippen molar-refractivity contribution in [3.05, 3.63) is 59.2 Å². The highest BCUT2D eigenvalue weighted by Crippen LogP contribution is 2.23. The van der Waals surface area contributed by atoms with Gasteiger partial charge in [-0.15, -0.1) is 0 Å². The number of aryl methyl sites for hydroxylation is 1. The molecule has 0 atom stereocenters. The summed E-state index contributed by atoms with van der Waals surface area (Å²) in [5.41, 5.74) is 4.60. The number of hydrogen-bond donors (Lipinski definition) is 2. The predicted molar refractivity (Wildman–Crippen MR) is 95.6 cm³/mol. The van der Waals surface area contributed by atoms with Crippen molar-refractivity contribution < 1.29 is 14.6 Å². The van der Waals surface area contributed by atoms with Crippen molar-refractivity contribution in [1.82, 2.24) is 5.32 Å². The number of ether oxygens (including phenoxy) is 1. The molecule has 4 nitrogen and oxygen atoms in total. The molecule has 0 aromatic heterocycles. The summed E-state index contributed by atoms with van der Waals surface area (Å²) < 4.78 is 5.27. The molecule has 1 amide bonds. The Morgan fingerprint density at radius 3 is 2.50 bits per heavy atom. The monoisotopic (exact) mass is 327 g/mol. The molecule has 0 saturated heterocycles. The van der Waals surface area contributed by atoms with Crippen LogP contribution in [-0.4, -0.2) is 16.8 Å². The SMILES string of the molecule is Cc1ccc(-c2cccc(CO)c2)cc1CNC(=O)OC(C)(C)C. The fourth-order valence-corrected chi connectivity index (χ4v) is 2.37. The van der Waals surface area contributed by atoms with E-state index in [4.69, 9.17) is 4.74 Å². The summed E-state index contributed by atoms with van der Waals surface area (Å²) in [5.74, 6) is 0. The topological polar surface area (TPSA) is 58.6 Å². The zero-order valence-corrected chi connectivity index (χ0v) is 14.7. The van der Waals surface area contributed by atoms with Crippen molar-refractivity contribution in [2.45, 2.75) is 46.4 Å². The van der Waals surface area contributed by atoms with Crippen LogP contribution >= 0.6 is 0 Å². The van der Waals surface area contributed by atoms with Crippen LogP contribution in [0.4, 0.5) is 4.79 Å². The van der Waals surface area contributed by atoms with Crippen molar-refractivity contribution in [3.8, 4) is 11.1 Å². The van der Waals surface area contributed by atoms with Gasteiger partial charge >= 0.3 is 6.09 Å². The molecule has 0 bridgehead atoms. The van der Waals surface area contributed by atoms with Crippen molar-refractivity contribution in [2.24, 2.45) is 0 Å². The molecule has 2 rings (SSSR count). The predicted octanol–water partition coefficient (Wildman–Crippen LogP) is 4.18. The number of benzene rings is 2. The summed E-state index contributed by atoms with van der Waals surface area (Å²) in [6, 6.07) is 13.9. The van der Waals surface area contributed by atoms with Gasteiger partial charge in [0, 0.05) is 6.54 Å². The zero-order chi connectivity index (χ0) is 17.7. The molecule has 2 aromatic rings. The number of alkyl carbamates (subject to hydrolysis) is 1. The van der Waals surface area contributed by atoms with Gasteiger partial charge in [0.05, 0.1) is 6.61 Å². The second-order valence-electron chi connectivity index (χ2n) is 6.86. The Labute approximate surface area is 143 Å². The standard InChI is InChI=1S/C20H25NO3/c1-14-8-9-17(16-7-5-6-15(10-16)13-22)11-18(14)12-21-19(23)24-20(2,3)4/h5-11,22H,12-13H2,1-4H3,(H,21,23). The van der Waals surface area contributed by atoms with Gasteiger partial charge in [-0.1, -0.05) is 30.3 Å². The van der Waals surface area contributed by atoms with E-state index in [9.17, 15) is 9.90 Å². The third-order valence-corrected chi connectivity index (χ3v) is 3.61. The summed E-state index contributed by atoms with van der Waals surface area (Å²) in [6.45, 7) is 7.97. The summed E-state index contributed by atoms with van der Waals surface area (Å²) in [6.07, 6.45) is -0.422. The molecule has 24 heavy (non-hydrogen) atoms. The molecule has 2 N–H and O–H groups in total. The van der Waals surface area contributed by atoms with Gasteiger partial charge in [0.1, 0.15) is 5.60 Å². The Bertz CT molecular complexity index is 717. The fourth-order valence-electron chi connectivity index (χ4n) is 2.37. The van der Waals surface area contributed by atoms with Gasteiger partial charge in [-0.3, -0.25) is 0 Å². The molecular weight excluding hydrogens is 302 g/mol. The van der Waals surface area contributed by atoms with E-state index in [0.29, 0.717) is 6.54 Å². The van der Waals surface area contributed by atoms with E-state index < -0.39 is 11.7 Å². The van der Waals surface area contributed by atoms with Gasteiger partial charge in [0.2, 0.25) is 0 Å². The first-order valence-corrected chi connectivity index (χ1v) is 8.05. The maximum Gasteiger partial charge on any atom is 0.407 e. The normalized spacial score (nSPS) is 11.2. The van der Waals surface area contributed by atoms with Gasteiger partial charge < -0.3 is 15.2 Å². The molecule has 4 heteroatoms. The van der Waals surface area contributed by atoms with E-state index in [0.717, 1.165) is 27.8 Å². The number of aliphatic hydroxyl groups excluding tert-OH is 1. The first-order chi connectivity index (χ1) is 11.3. The highest BCUT2D eigenvalue weighted by Gasteiger charge is 2.16. The van der Waals surface area contributed by atoms with Crippen LogP contribution in [0.2, 0.25) is 0 Å². The van der Waals surface area contributed by atoms with Crippen LogP contribution < -0.4 is 5.32 Å². The first-order valence-electron chi connectivity index (χ1n) is 8.05. The first kappa shape index (κ1) is 18.0. The second-order valence-corrected chi connectivity index (χ2v) is 6.86. The largest absolute Gasteiger partial charge is 0.444 e. The number of hydrogen-bond acceptors (Lipinski definition) is 3. The molecule has 0 aliphatic rings.